The summed E-state index contributed by atoms with van der Waals surface area (Å²) in [7, 11) is 0. The number of anilines is 2. The van der Waals surface area contributed by atoms with Crippen molar-refractivity contribution in [2.24, 2.45) is 0 Å². The number of furan rings is 1. The molecule has 0 atom stereocenters. The Morgan fingerprint density at radius 2 is 2.07 bits per heavy atom. The van der Waals surface area contributed by atoms with E-state index in [1.54, 1.807) is 23.9 Å². The molecule has 28 heavy (non-hydrogen) atoms. The largest absolute Gasteiger partial charge is 0.459 e. The van der Waals surface area contributed by atoms with Gasteiger partial charge >= 0.3 is 0 Å². The van der Waals surface area contributed by atoms with E-state index in [2.05, 4.69) is 26.3 Å². The fraction of sp³-hybridized carbons (Fsp3) is 0.476. The number of allylic oxidation sites excluding steroid dienone is 1. The SMILES string of the molecule is O=C(c1ccco1)N1CCN(c2nccc(NCCC3=CCCCC3)n2)CC1. The molecule has 2 aliphatic rings. The predicted molar refractivity (Wildman–Crippen MR) is 109 cm³/mol. The molecule has 2 aromatic heterocycles. The molecule has 0 spiro atoms. The molecule has 0 radical (unpaired) electrons. The maximum Gasteiger partial charge on any atom is 0.289 e. The van der Waals surface area contributed by atoms with Crippen molar-refractivity contribution in [1.29, 1.82) is 0 Å². The van der Waals surface area contributed by atoms with Gasteiger partial charge in [0.15, 0.2) is 5.76 Å². The molecular formula is C21H27N5O2. The average molecular weight is 381 g/mol. The molecule has 1 aliphatic heterocycles. The van der Waals surface area contributed by atoms with Gasteiger partial charge in [-0.2, -0.15) is 4.98 Å². The molecule has 7 heteroatoms. The van der Waals surface area contributed by atoms with Crippen molar-refractivity contribution in [3.05, 3.63) is 48.1 Å². The summed E-state index contributed by atoms with van der Waals surface area (Å²) in [5, 5.41) is 3.42. The lowest BCUT2D eigenvalue weighted by atomic mass is 9.97. The lowest BCUT2D eigenvalue weighted by Crippen LogP contribution is -2.49. The van der Waals surface area contributed by atoms with Gasteiger partial charge in [0.25, 0.3) is 5.91 Å². The van der Waals surface area contributed by atoms with E-state index in [4.69, 9.17) is 4.42 Å². The van der Waals surface area contributed by atoms with Crippen molar-refractivity contribution < 1.29 is 9.21 Å². The summed E-state index contributed by atoms with van der Waals surface area (Å²) in [5.41, 5.74) is 1.56. The van der Waals surface area contributed by atoms with Gasteiger partial charge in [0, 0.05) is 38.9 Å². The smallest absolute Gasteiger partial charge is 0.289 e. The monoisotopic (exact) mass is 381 g/mol. The Labute approximate surface area is 165 Å². The average Bonchev–Trinajstić information content (AvgIpc) is 3.29. The number of nitrogens with one attached hydrogen (secondary N) is 1. The zero-order chi connectivity index (χ0) is 19.2. The van der Waals surface area contributed by atoms with Gasteiger partial charge in [-0.3, -0.25) is 4.79 Å². The molecule has 148 valence electrons. The van der Waals surface area contributed by atoms with Crippen LogP contribution in [-0.2, 0) is 0 Å². The summed E-state index contributed by atoms with van der Waals surface area (Å²) in [6.45, 7) is 3.59. The van der Waals surface area contributed by atoms with Gasteiger partial charge in [-0.25, -0.2) is 4.98 Å². The van der Waals surface area contributed by atoms with Crippen LogP contribution in [0.1, 0.15) is 42.7 Å². The maximum atomic E-state index is 12.4. The summed E-state index contributed by atoms with van der Waals surface area (Å²) < 4.78 is 5.22. The van der Waals surface area contributed by atoms with Crippen molar-refractivity contribution in [1.82, 2.24) is 14.9 Å². The fourth-order valence-corrected chi connectivity index (χ4v) is 3.75. The van der Waals surface area contributed by atoms with Crippen molar-refractivity contribution >= 4 is 17.7 Å². The van der Waals surface area contributed by atoms with Crippen molar-refractivity contribution in [3.63, 3.8) is 0 Å². The zero-order valence-corrected chi connectivity index (χ0v) is 16.1. The van der Waals surface area contributed by atoms with Crippen LogP contribution in [0, 0.1) is 0 Å². The number of aromatic nitrogens is 2. The summed E-state index contributed by atoms with van der Waals surface area (Å²) >= 11 is 0. The van der Waals surface area contributed by atoms with E-state index >= 15 is 0 Å². The second-order valence-corrected chi connectivity index (χ2v) is 7.28. The highest BCUT2D eigenvalue weighted by Gasteiger charge is 2.24. The Balaban J connectivity index is 1.28. The van der Waals surface area contributed by atoms with Crippen LogP contribution in [0.3, 0.4) is 0 Å². The number of piperazine rings is 1. The molecule has 0 aromatic carbocycles. The van der Waals surface area contributed by atoms with Gasteiger partial charge in [0.05, 0.1) is 6.26 Å². The highest BCUT2D eigenvalue weighted by atomic mass is 16.3. The van der Waals surface area contributed by atoms with Crippen LogP contribution in [0.2, 0.25) is 0 Å². The van der Waals surface area contributed by atoms with E-state index in [0.29, 0.717) is 37.9 Å². The Kier molecular flexibility index (Phi) is 5.89. The first-order valence-corrected chi connectivity index (χ1v) is 10.1. The van der Waals surface area contributed by atoms with Gasteiger partial charge in [-0.05, 0) is 50.3 Å². The number of amides is 1. The van der Waals surface area contributed by atoms with Gasteiger partial charge in [-0.1, -0.05) is 11.6 Å². The second-order valence-electron chi connectivity index (χ2n) is 7.28. The molecule has 1 fully saturated rings. The van der Waals surface area contributed by atoms with Crippen LogP contribution < -0.4 is 10.2 Å². The van der Waals surface area contributed by atoms with Gasteiger partial charge in [0.1, 0.15) is 5.82 Å². The van der Waals surface area contributed by atoms with E-state index in [0.717, 1.165) is 18.8 Å². The number of carbonyl (C=O) groups is 1. The lowest BCUT2D eigenvalue weighted by molar-refractivity contribution is 0.0714. The molecule has 2 aromatic rings. The van der Waals surface area contributed by atoms with Crippen molar-refractivity contribution in [3.8, 4) is 0 Å². The molecule has 4 rings (SSSR count). The lowest BCUT2D eigenvalue weighted by Gasteiger charge is -2.34. The van der Waals surface area contributed by atoms with Crippen LogP contribution in [0.25, 0.3) is 0 Å². The maximum absolute atomic E-state index is 12.4. The molecule has 1 saturated heterocycles. The third kappa shape index (κ3) is 4.52. The van der Waals surface area contributed by atoms with Gasteiger partial charge < -0.3 is 19.5 Å². The Morgan fingerprint density at radius 1 is 1.18 bits per heavy atom. The third-order valence-corrected chi connectivity index (χ3v) is 5.36. The number of hydrogen-bond donors (Lipinski definition) is 1. The van der Waals surface area contributed by atoms with Crippen LogP contribution >= 0.6 is 0 Å². The van der Waals surface area contributed by atoms with Crippen LogP contribution in [0.5, 0.6) is 0 Å². The van der Waals surface area contributed by atoms with Gasteiger partial charge in [-0.15, -0.1) is 0 Å². The minimum Gasteiger partial charge on any atom is -0.459 e. The Morgan fingerprint density at radius 3 is 2.82 bits per heavy atom. The van der Waals surface area contributed by atoms with E-state index in [1.807, 2.05) is 11.0 Å². The highest BCUT2D eigenvalue weighted by Crippen LogP contribution is 2.20. The minimum atomic E-state index is -0.0574. The minimum absolute atomic E-state index is 0.0574. The molecule has 1 N–H and O–H groups in total. The number of rotatable bonds is 6. The first kappa shape index (κ1) is 18.5. The molecule has 7 nitrogen and oxygen atoms in total. The quantitative estimate of drug-likeness (QED) is 0.774. The zero-order valence-electron chi connectivity index (χ0n) is 16.1. The molecule has 1 amide bonds. The fourth-order valence-electron chi connectivity index (χ4n) is 3.75. The molecule has 3 heterocycles. The summed E-state index contributed by atoms with van der Waals surface area (Å²) in [6, 6.07) is 5.35. The van der Waals surface area contributed by atoms with Crippen LogP contribution in [-0.4, -0.2) is 53.5 Å². The van der Waals surface area contributed by atoms with Crippen molar-refractivity contribution in [2.45, 2.75) is 32.1 Å². The number of hydrogen-bond acceptors (Lipinski definition) is 6. The standard InChI is InChI=1S/C21H27N5O2/c27-20(18-7-4-16-28-18)25-12-14-26(15-13-25)21-23-11-9-19(24-21)22-10-8-17-5-2-1-3-6-17/h4-5,7,9,11,16H,1-3,6,8,10,12-15H2,(H,22,23,24). The van der Waals surface area contributed by atoms with E-state index < -0.39 is 0 Å². The number of carbonyl (C=O) groups excluding carboxylic acids is 1. The Hall–Kier alpha value is -2.83. The van der Waals surface area contributed by atoms with E-state index in [-0.39, 0.29) is 5.91 Å². The first-order valence-electron chi connectivity index (χ1n) is 10.1. The Bertz CT molecular complexity index is 810. The van der Waals surface area contributed by atoms with E-state index in [1.165, 1.54) is 31.9 Å². The second kappa shape index (κ2) is 8.91. The van der Waals surface area contributed by atoms with Crippen LogP contribution in [0.15, 0.2) is 46.7 Å². The highest BCUT2D eigenvalue weighted by molar-refractivity contribution is 5.91. The summed E-state index contributed by atoms with van der Waals surface area (Å²) in [4.78, 5) is 25.4. The summed E-state index contributed by atoms with van der Waals surface area (Å²) in [5.74, 6) is 1.91. The van der Waals surface area contributed by atoms with Crippen molar-refractivity contribution in [2.75, 3.05) is 42.9 Å². The van der Waals surface area contributed by atoms with Gasteiger partial charge in [0.2, 0.25) is 5.95 Å². The van der Waals surface area contributed by atoms with Crippen LogP contribution in [0.4, 0.5) is 11.8 Å². The number of nitrogens with zero attached hydrogens (tertiary/aromatic N) is 4. The molecular weight excluding hydrogens is 354 g/mol. The first-order chi connectivity index (χ1) is 13.8. The summed E-state index contributed by atoms with van der Waals surface area (Å²) in [6.07, 6.45) is 11.9. The predicted octanol–water partition coefficient (Wildman–Crippen LogP) is 3.33. The molecule has 1 aliphatic carbocycles. The van der Waals surface area contributed by atoms with E-state index in [9.17, 15) is 4.79 Å². The normalized spacial score (nSPS) is 17.4. The molecule has 0 saturated carbocycles. The molecule has 0 bridgehead atoms. The molecule has 0 unspecified atom stereocenters. The third-order valence-electron chi connectivity index (χ3n) is 5.36. The topological polar surface area (TPSA) is 74.5 Å².